The third-order valence-electron chi connectivity index (χ3n) is 3.61. The van der Waals surface area contributed by atoms with Crippen molar-refractivity contribution in [3.63, 3.8) is 0 Å². The molecule has 0 radical (unpaired) electrons. The summed E-state index contributed by atoms with van der Waals surface area (Å²) >= 11 is 0. The van der Waals surface area contributed by atoms with Crippen molar-refractivity contribution < 1.29 is 23.8 Å². The molecule has 2 fully saturated rings. The van der Waals surface area contributed by atoms with Crippen LogP contribution in [0, 0.1) is 0 Å². The van der Waals surface area contributed by atoms with Crippen molar-refractivity contribution >= 4 is 12.1 Å². The average molecular weight is 291 g/mol. The SMILES string of the molecule is CCOC(=O)[C@@H]1[C@@H]2O[C@@H]2CN1C(=O)OCc1ccccc1. The smallest absolute Gasteiger partial charge is 0.411 e. The molecule has 3 rings (SSSR count). The van der Waals surface area contributed by atoms with Crippen LogP contribution in [0.15, 0.2) is 30.3 Å². The van der Waals surface area contributed by atoms with Gasteiger partial charge in [-0.1, -0.05) is 30.3 Å². The fourth-order valence-corrected chi connectivity index (χ4v) is 2.55. The Kier molecular flexibility index (Phi) is 3.79. The van der Waals surface area contributed by atoms with Crippen LogP contribution in [0.25, 0.3) is 0 Å². The molecule has 0 aliphatic carbocycles. The van der Waals surface area contributed by atoms with Crippen molar-refractivity contribution in [2.24, 2.45) is 0 Å². The summed E-state index contributed by atoms with van der Waals surface area (Å²) in [6, 6.07) is 8.72. The molecule has 0 spiro atoms. The van der Waals surface area contributed by atoms with Gasteiger partial charge in [0.15, 0.2) is 6.04 Å². The van der Waals surface area contributed by atoms with Crippen LogP contribution in [-0.4, -0.2) is 48.4 Å². The fourth-order valence-electron chi connectivity index (χ4n) is 2.55. The van der Waals surface area contributed by atoms with Gasteiger partial charge in [-0.25, -0.2) is 9.59 Å². The minimum atomic E-state index is -0.682. The molecule has 3 atom stereocenters. The number of carbonyl (C=O) groups excluding carboxylic acids is 2. The van der Waals surface area contributed by atoms with Crippen LogP contribution >= 0.6 is 0 Å². The maximum atomic E-state index is 12.1. The number of amides is 1. The molecule has 6 nitrogen and oxygen atoms in total. The second kappa shape index (κ2) is 5.73. The Hall–Kier alpha value is -2.08. The molecule has 6 heteroatoms. The van der Waals surface area contributed by atoms with E-state index in [0.717, 1.165) is 5.56 Å². The van der Waals surface area contributed by atoms with E-state index in [-0.39, 0.29) is 25.4 Å². The zero-order chi connectivity index (χ0) is 14.8. The van der Waals surface area contributed by atoms with Gasteiger partial charge in [0.1, 0.15) is 18.8 Å². The number of benzene rings is 1. The molecule has 2 aliphatic rings. The van der Waals surface area contributed by atoms with Gasteiger partial charge in [-0.2, -0.15) is 0 Å². The van der Waals surface area contributed by atoms with Gasteiger partial charge in [-0.3, -0.25) is 4.90 Å². The first-order valence-corrected chi connectivity index (χ1v) is 7.00. The maximum absolute atomic E-state index is 12.1. The van der Waals surface area contributed by atoms with E-state index >= 15 is 0 Å². The highest BCUT2D eigenvalue weighted by molar-refractivity contribution is 5.83. The summed E-state index contributed by atoms with van der Waals surface area (Å²) in [6.07, 6.45) is -0.815. The van der Waals surface area contributed by atoms with E-state index in [0.29, 0.717) is 6.54 Å². The van der Waals surface area contributed by atoms with Crippen molar-refractivity contribution in [3.8, 4) is 0 Å². The predicted octanol–water partition coefficient (Wildman–Crippen LogP) is 1.34. The monoisotopic (exact) mass is 291 g/mol. The summed E-state index contributed by atoms with van der Waals surface area (Å²) in [5, 5.41) is 0. The third-order valence-corrected chi connectivity index (χ3v) is 3.61. The van der Waals surface area contributed by atoms with Crippen molar-refractivity contribution in [2.45, 2.75) is 31.8 Å². The highest BCUT2D eigenvalue weighted by Gasteiger charge is 2.60. The maximum Gasteiger partial charge on any atom is 0.411 e. The lowest BCUT2D eigenvalue weighted by molar-refractivity contribution is -0.149. The first kappa shape index (κ1) is 13.9. The van der Waals surface area contributed by atoms with Gasteiger partial charge in [0.2, 0.25) is 0 Å². The quantitative estimate of drug-likeness (QED) is 0.618. The lowest BCUT2D eigenvalue weighted by Gasteiger charge is -2.24. The zero-order valence-electron chi connectivity index (χ0n) is 11.7. The fraction of sp³-hybridized carbons (Fsp3) is 0.467. The van der Waals surface area contributed by atoms with E-state index in [4.69, 9.17) is 14.2 Å². The first-order chi connectivity index (χ1) is 10.2. The minimum Gasteiger partial charge on any atom is -0.464 e. The number of carbonyl (C=O) groups is 2. The molecule has 0 unspecified atom stereocenters. The van der Waals surface area contributed by atoms with Gasteiger partial charge in [0.25, 0.3) is 0 Å². The number of likely N-dealkylation sites (tertiary alicyclic amines) is 1. The number of hydrogen-bond donors (Lipinski definition) is 0. The number of morpholine rings is 1. The lowest BCUT2D eigenvalue weighted by atomic mass is 10.2. The highest BCUT2D eigenvalue weighted by Crippen LogP contribution is 2.37. The second-order valence-corrected chi connectivity index (χ2v) is 5.03. The van der Waals surface area contributed by atoms with Gasteiger partial charge in [0, 0.05) is 0 Å². The van der Waals surface area contributed by atoms with Crippen LogP contribution in [0.4, 0.5) is 4.79 Å². The summed E-state index contributed by atoms with van der Waals surface area (Å²) in [5.74, 6) is -0.431. The van der Waals surface area contributed by atoms with E-state index in [1.807, 2.05) is 30.3 Å². The van der Waals surface area contributed by atoms with E-state index in [1.54, 1.807) is 6.92 Å². The standard InChI is InChI=1S/C15H17NO5/c1-2-19-14(17)12-13-11(21-13)8-16(12)15(18)20-9-10-6-4-3-5-7-10/h3-7,11-13H,2,8-9H2,1H3/t11-,12+,13-/m1/s1. The normalized spacial score (nSPS) is 26.1. The number of hydrogen-bond acceptors (Lipinski definition) is 5. The molecule has 1 amide bonds. The molecule has 0 bridgehead atoms. The van der Waals surface area contributed by atoms with Crippen molar-refractivity contribution in [1.29, 1.82) is 0 Å². The Labute approximate surface area is 122 Å². The Morgan fingerprint density at radius 2 is 2.05 bits per heavy atom. The van der Waals surface area contributed by atoms with Gasteiger partial charge in [-0.15, -0.1) is 0 Å². The summed E-state index contributed by atoms with van der Waals surface area (Å²) in [6.45, 7) is 2.57. The van der Waals surface area contributed by atoms with Gasteiger partial charge >= 0.3 is 12.1 Å². The van der Waals surface area contributed by atoms with Crippen LogP contribution in [0.3, 0.4) is 0 Å². The largest absolute Gasteiger partial charge is 0.464 e. The van der Waals surface area contributed by atoms with Crippen LogP contribution in [-0.2, 0) is 25.6 Å². The van der Waals surface area contributed by atoms with Crippen molar-refractivity contribution in [3.05, 3.63) is 35.9 Å². The van der Waals surface area contributed by atoms with Crippen molar-refractivity contribution in [2.75, 3.05) is 13.2 Å². The molecule has 0 N–H and O–H groups in total. The molecular weight excluding hydrogens is 274 g/mol. The number of nitrogens with zero attached hydrogens (tertiary/aromatic N) is 1. The molecule has 2 aliphatic heterocycles. The molecule has 21 heavy (non-hydrogen) atoms. The summed E-state index contributed by atoms with van der Waals surface area (Å²) < 4.78 is 15.6. The molecule has 0 aromatic heterocycles. The third kappa shape index (κ3) is 2.85. The summed E-state index contributed by atoms with van der Waals surface area (Å²) in [7, 11) is 0. The van der Waals surface area contributed by atoms with Crippen LogP contribution in [0.2, 0.25) is 0 Å². The number of fused-ring (bicyclic) bond motifs is 1. The van der Waals surface area contributed by atoms with E-state index in [2.05, 4.69) is 0 Å². The van der Waals surface area contributed by atoms with Crippen LogP contribution in [0.1, 0.15) is 12.5 Å². The predicted molar refractivity (Wildman–Crippen MR) is 72.4 cm³/mol. The molecule has 0 saturated carbocycles. The first-order valence-electron chi connectivity index (χ1n) is 7.00. The Bertz CT molecular complexity index is 532. The molecule has 2 heterocycles. The number of esters is 1. The van der Waals surface area contributed by atoms with Crippen molar-refractivity contribution in [1.82, 2.24) is 4.90 Å². The molecule has 1 aromatic rings. The Morgan fingerprint density at radius 1 is 1.29 bits per heavy atom. The number of ether oxygens (including phenoxy) is 3. The van der Waals surface area contributed by atoms with Gasteiger partial charge in [-0.05, 0) is 12.5 Å². The number of epoxide rings is 1. The van der Waals surface area contributed by atoms with Crippen LogP contribution in [0.5, 0.6) is 0 Å². The summed E-state index contributed by atoms with van der Waals surface area (Å²) in [4.78, 5) is 25.5. The highest BCUT2D eigenvalue weighted by atomic mass is 16.6. The van der Waals surface area contributed by atoms with E-state index in [1.165, 1.54) is 4.90 Å². The minimum absolute atomic E-state index is 0.0660. The Balaban J connectivity index is 1.60. The molecule has 1 aromatic carbocycles. The van der Waals surface area contributed by atoms with Gasteiger partial charge < -0.3 is 14.2 Å². The summed E-state index contributed by atoms with van der Waals surface area (Å²) in [5.41, 5.74) is 0.902. The van der Waals surface area contributed by atoms with E-state index < -0.39 is 18.1 Å². The molecule has 2 saturated heterocycles. The Morgan fingerprint density at radius 3 is 2.76 bits per heavy atom. The van der Waals surface area contributed by atoms with E-state index in [9.17, 15) is 9.59 Å². The zero-order valence-corrected chi connectivity index (χ0v) is 11.7. The van der Waals surface area contributed by atoms with Crippen LogP contribution < -0.4 is 0 Å². The average Bonchev–Trinajstić information content (AvgIpc) is 3.16. The second-order valence-electron chi connectivity index (χ2n) is 5.03. The topological polar surface area (TPSA) is 68.4 Å². The molecular formula is C15H17NO5. The lowest BCUT2D eigenvalue weighted by Crippen LogP contribution is -2.45. The number of rotatable bonds is 4. The van der Waals surface area contributed by atoms with Gasteiger partial charge in [0.05, 0.1) is 13.2 Å². The molecule has 112 valence electrons.